The van der Waals surface area contributed by atoms with E-state index in [1.807, 2.05) is 19.1 Å². The van der Waals surface area contributed by atoms with Crippen LogP contribution in [0.5, 0.6) is 0 Å². The SMILES string of the molecule is C[C@@H]1CN(c2ccc3ncc(C(=O)Nc4cncc(F)c4)n3n2)CCO1. The molecule has 1 fully saturated rings. The summed E-state index contributed by atoms with van der Waals surface area (Å²) < 4.78 is 20.3. The van der Waals surface area contributed by atoms with Crippen molar-refractivity contribution < 1.29 is 13.9 Å². The van der Waals surface area contributed by atoms with E-state index in [1.54, 1.807) is 0 Å². The molecule has 0 saturated carbocycles. The van der Waals surface area contributed by atoms with E-state index in [1.165, 1.54) is 23.0 Å². The highest BCUT2D eigenvalue weighted by Gasteiger charge is 2.20. The van der Waals surface area contributed by atoms with E-state index in [9.17, 15) is 9.18 Å². The highest BCUT2D eigenvalue weighted by molar-refractivity contribution is 6.03. The molecule has 0 radical (unpaired) electrons. The Kier molecular flexibility index (Phi) is 4.21. The minimum atomic E-state index is -0.525. The van der Waals surface area contributed by atoms with Gasteiger partial charge in [0, 0.05) is 19.2 Å². The van der Waals surface area contributed by atoms with Crippen molar-refractivity contribution in [3.8, 4) is 0 Å². The number of imidazole rings is 1. The minimum absolute atomic E-state index is 0.118. The standard InChI is InChI=1S/C17H17FN6O2/c1-11-10-23(4-5-26-11)16-3-2-15-20-9-14(24(15)22-16)17(25)21-13-6-12(18)7-19-8-13/h2-3,6-9,11H,4-5,10H2,1H3,(H,21,25)/t11-/m1/s1. The lowest BCUT2D eigenvalue weighted by Crippen LogP contribution is -2.41. The van der Waals surface area contributed by atoms with Crippen LogP contribution in [0.1, 0.15) is 17.4 Å². The quantitative estimate of drug-likeness (QED) is 0.770. The number of nitrogens with one attached hydrogen (secondary N) is 1. The zero-order chi connectivity index (χ0) is 18.1. The third kappa shape index (κ3) is 3.21. The van der Waals surface area contributed by atoms with E-state index in [2.05, 4.69) is 25.3 Å². The van der Waals surface area contributed by atoms with Gasteiger partial charge in [-0.05, 0) is 19.1 Å². The van der Waals surface area contributed by atoms with Gasteiger partial charge in [0.1, 0.15) is 11.6 Å². The summed E-state index contributed by atoms with van der Waals surface area (Å²) in [5, 5.41) is 7.16. The van der Waals surface area contributed by atoms with Gasteiger partial charge in [-0.1, -0.05) is 0 Å². The Labute approximate surface area is 148 Å². The number of nitrogens with zero attached hydrogens (tertiary/aromatic N) is 5. The molecule has 1 atom stereocenters. The molecule has 9 heteroatoms. The van der Waals surface area contributed by atoms with Gasteiger partial charge in [0.05, 0.1) is 37.0 Å². The van der Waals surface area contributed by atoms with Crippen LogP contribution in [-0.2, 0) is 4.74 Å². The largest absolute Gasteiger partial charge is 0.375 e. The summed E-state index contributed by atoms with van der Waals surface area (Å²) in [6, 6.07) is 4.88. The fraction of sp³-hybridized carbons (Fsp3) is 0.294. The molecule has 3 aromatic heterocycles. The first kappa shape index (κ1) is 16.4. The smallest absolute Gasteiger partial charge is 0.276 e. The maximum Gasteiger partial charge on any atom is 0.276 e. The molecule has 1 N–H and O–H groups in total. The number of hydrogen-bond donors (Lipinski definition) is 1. The average Bonchev–Trinajstić information content (AvgIpc) is 3.05. The number of halogens is 1. The molecule has 1 amide bonds. The second-order valence-corrected chi connectivity index (χ2v) is 6.08. The van der Waals surface area contributed by atoms with E-state index in [0.717, 1.165) is 25.1 Å². The first-order valence-corrected chi connectivity index (χ1v) is 8.23. The summed E-state index contributed by atoms with van der Waals surface area (Å²) in [5.74, 6) is -0.222. The molecule has 4 heterocycles. The number of ether oxygens (including phenoxy) is 1. The van der Waals surface area contributed by atoms with Gasteiger partial charge >= 0.3 is 0 Å². The highest BCUT2D eigenvalue weighted by atomic mass is 19.1. The molecule has 1 aliphatic rings. The molecule has 1 saturated heterocycles. The Morgan fingerprint density at radius 2 is 2.23 bits per heavy atom. The lowest BCUT2D eigenvalue weighted by molar-refractivity contribution is 0.0528. The van der Waals surface area contributed by atoms with Gasteiger partial charge < -0.3 is 15.0 Å². The number of amides is 1. The Morgan fingerprint density at radius 3 is 3.04 bits per heavy atom. The van der Waals surface area contributed by atoms with Gasteiger partial charge in [-0.2, -0.15) is 0 Å². The molecule has 0 bridgehead atoms. The van der Waals surface area contributed by atoms with Gasteiger partial charge in [0.15, 0.2) is 11.3 Å². The molecule has 1 aliphatic heterocycles. The summed E-state index contributed by atoms with van der Waals surface area (Å²) in [7, 11) is 0. The predicted octanol–water partition coefficient (Wildman–Crippen LogP) is 1.74. The van der Waals surface area contributed by atoms with Crippen molar-refractivity contribution in [2.75, 3.05) is 29.9 Å². The van der Waals surface area contributed by atoms with E-state index in [-0.39, 0.29) is 17.5 Å². The lowest BCUT2D eigenvalue weighted by atomic mass is 10.3. The molecule has 8 nitrogen and oxygen atoms in total. The van der Waals surface area contributed by atoms with Gasteiger partial charge in [-0.15, -0.1) is 5.10 Å². The number of anilines is 2. The van der Waals surface area contributed by atoms with Crippen LogP contribution in [0.2, 0.25) is 0 Å². The van der Waals surface area contributed by atoms with Crippen molar-refractivity contribution in [1.29, 1.82) is 0 Å². The van der Waals surface area contributed by atoms with E-state index >= 15 is 0 Å². The summed E-state index contributed by atoms with van der Waals surface area (Å²) in [5.41, 5.74) is 1.08. The molecule has 0 aromatic carbocycles. The van der Waals surface area contributed by atoms with Gasteiger partial charge in [0.25, 0.3) is 5.91 Å². The summed E-state index contributed by atoms with van der Waals surface area (Å²) >= 11 is 0. The number of carbonyl (C=O) groups excluding carboxylic acids is 1. The second kappa shape index (κ2) is 6.68. The van der Waals surface area contributed by atoms with E-state index in [4.69, 9.17) is 4.74 Å². The van der Waals surface area contributed by atoms with Crippen LogP contribution in [0.3, 0.4) is 0 Å². The van der Waals surface area contributed by atoms with Crippen molar-refractivity contribution in [2.24, 2.45) is 0 Å². The molecule has 3 aromatic rings. The molecular weight excluding hydrogens is 339 g/mol. The zero-order valence-corrected chi connectivity index (χ0v) is 14.1. The normalized spacial score (nSPS) is 17.5. The summed E-state index contributed by atoms with van der Waals surface area (Å²) in [6.45, 7) is 4.09. The van der Waals surface area contributed by atoms with Crippen LogP contribution < -0.4 is 10.2 Å². The monoisotopic (exact) mass is 356 g/mol. The molecule has 0 unspecified atom stereocenters. The first-order chi connectivity index (χ1) is 12.6. The third-order valence-electron chi connectivity index (χ3n) is 4.11. The Bertz CT molecular complexity index is 959. The van der Waals surface area contributed by atoms with Crippen molar-refractivity contribution >= 4 is 23.1 Å². The number of morpholine rings is 1. The van der Waals surface area contributed by atoms with E-state index in [0.29, 0.717) is 12.3 Å². The molecular formula is C17H17FN6O2. The number of pyridine rings is 1. The van der Waals surface area contributed by atoms with Crippen molar-refractivity contribution in [2.45, 2.75) is 13.0 Å². The number of aromatic nitrogens is 4. The fourth-order valence-electron chi connectivity index (χ4n) is 2.89. The third-order valence-corrected chi connectivity index (χ3v) is 4.11. The number of carbonyl (C=O) groups is 1. The van der Waals surface area contributed by atoms with Crippen molar-refractivity contribution in [3.63, 3.8) is 0 Å². The van der Waals surface area contributed by atoms with Crippen LogP contribution in [-0.4, -0.2) is 51.3 Å². The molecule has 0 spiro atoms. The number of fused-ring (bicyclic) bond motifs is 1. The van der Waals surface area contributed by atoms with Crippen LogP contribution in [0, 0.1) is 5.82 Å². The first-order valence-electron chi connectivity index (χ1n) is 8.23. The molecule has 134 valence electrons. The topological polar surface area (TPSA) is 84.7 Å². The molecule has 26 heavy (non-hydrogen) atoms. The Hall–Kier alpha value is -3.07. The fourth-order valence-corrected chi connectivity index (χ4v) is 2.89. The number of rotatable bonds is 3. The van der Waals surface area contributed by atoms with Crippen LogP contribution in [0.15, 0.2) is 36.8 Å². The van der Waals surface area contributed by atoms with Crippen LogP contribution >= 0.6 is 0 Å². The van der Waals surface area contributed by atoms with Crippen LogP contribution in [0.25, 0.3) is 5.65 Å². The van der Waals surface area contributed by atoms with Crippen LogP contribution in [0.4, 0.5) is 15.9 Å². The molecule has 0 aliphatic carbocycles. The lowest BCUT2D eigenvalue weighted by Gasteiger charge is -2.31. The Balaban J connectivity index is 1.63. The maximum atomic E-state index is 13.2. The number of hydrogen-bond acceptors (Lipinski definition) is 6. The Morgan fingerprint density at radius 1 is 1.35 bits per heavy atom. The van der Waals surface area contributed by atoms with Crippen molar-refractivity contribution in [3.05, 3.63) is 48.3 Å². The predicted molar refractivity (Wildman–Crippen MR) is 92.8 cm³/mol. The van der Waals surface area contributed by atoms with Gasteiger partial charge in [-0.25, -0.2) is 13.9 Å². The highest BCUT2D eigenvalue weighted by Crippen LogP contribution is 2.17. The second-order valence-electron chi connectivity index (χ2n) is 6.08. The average molecular weight is 356 g/mol. The zero-order valence-electron chi connectivity index (χ0n) is 14.1. The maximum absolute atomic E-state index is 13.2. The molecule has 4 rings (SSSR count). The summed E-state index contributed by atoms with van der Waals surface area (Å²) in [6.07, 6.45) is 4.00. The minimum Gasteiger partial charge on any atom is -0.375 e. The van der Waals surface area contributed by atoms with Crippen molar-refractivity contribution in [1.82, 2.24) is 19.6 Å². The van der Waals surface area contributed by atoms with Gasteiger partial charge in [0.2, 0.25) is 0 Å². The van der Waals surface area contributed by atoms with E-state index < -0.39 is 11.7 Å². The summed E-state index contributed by atoms with van der Waals surface area (Å²) in [4.78, 5) is 22.6. The van der Waals surface area contributed by atoms with Gasteiger partial charge in [-0.3, -0.25) is 9.78 Å².